The molecule has 1 atom stereocenters. The predicted octanol–water partition coefficient (Wildman–Crippen LogP) is 2.49. The zero-order valence-corrected chi connectivity index (χ0v) is 16.4. The molecule has 0 saturated heterocycles. The van der Waals surface area contributed by atoms with Gasteiger partial charge in [0.15, 0.2) is 0 Å². The second-order valence-corrected chi connectivity index (χ2v) is 7.97. The van der Waals surface area contributed by atoms with Gasteiger partial charge in [-0.15, -0.1) is 0 Å². The van der Waals surface area contributed by atoms with E-state index in [2.05, 4.69) is 5.32 Å². The van der Waals surface area contributed by atoms with Crippen molar-refractivity contribution in [3.63, 3.8) is 0 Å². The van der Waals surface area contributed by atoms with Crippen molar-refractivity contribution in [1.82, 2.24) is 10.2 Å². The molecule has 1 aliphatic carbocycles. The molecule has 0 radical (unpaired) electrons. The van der Waals surface area contributed by atoms with Crippen molar-refractivity contribution in [2.45, 2.75) is 57.1 Å². The van der Waals surface area contributed by atoms with Gasteiger partial charge in [0.1, 0.15) is 5.82 Å². The Hall–Kier alpha value is -1.50. The Bertz CT molecular complexity index is 674. The lowest BCUT2D eigenvalue weighted by Crippen LogP contribution is -2.49. The van der Waals surface area contributed by atoms with Crippen LogP contribution in [-0.4, -0.2) is 54.9 Å². The van der Waals surface area contributed by atoms with Gasteiger partial charge in [0.2, 0.25) is 5.91 Å². The molecule has 3 rings (SSSR count). The molecule has 6 heteroatoms. The highest BCUT2D eigenvalue weighted by molar-refractivity contribution is 5.79. The number of halogens is 1. The lowest BCUT2D eigenvalue weighted by molar-refractivity contribution is -0.134. The fraction of sp³-hybridized carbons (Fsp3) is 0.667. The standard InChI is InChI=1S/C21H31FN2O3/c1-15-6-7-16-8-11-24(17(13-27-2)19(16)20(15)22)18(25)12-23-14-21(26)9-4-3-5-10-21/h6-7,17,23,26H,3-5,8-14H2,1-2H3. The van der Waals surface area contributed by atoms with E-state index in [0.29, 0.717) is 30.6 Å². The van der Waals surface area contributed by atoms with E-state index in [9.17, 15) is 14.3 Å². The average Bonchev–Trinajstić information content (AvgIpc) is 2.65. The Morgan fingerprint density at radius 3 is 2.81 bits per heavy atom. The quantitative estimate of drug-likeness (QED) is 0.798. The number of hydrogen-bond donors (Lipinski definition) is 2. The number of benzene rings is 1. The van der Waals surface area contributed by atoms with Crippen LogP contribution in [0.2, 0.25) is 0 Å². The molecule has 1 saturated carbocycles. The average molecular weight is 378 g/mol. The monoisotopic (exact) mass is 378 g/mol. The van der Waals surface area contributed by atoms with Gasteiger partial charge in [-0.2, -0.15) is 0 Å². The molecular formula is C21H31FN2O3. The van der Waals surface area contributed by atoms with Crippen LogP contribution in [0.15, 0.2) is 12.1 Å². The number of fused-ring (bicyclic) bond motifs is 1. The number of carbonyl (C=O) groups is 1. The first-order valence-corrected chi connectivity index (χ1v) is 9.94. The van der Waals surface area contributed by atoms with Gasteiger partial charge in [-0.1, -0.05) is 31.4 Å². The number of hydrogen-bond acceptors (Lipinski definition) is 4. The van der Waals surface area contributed by atoms with Crippen LogP contribution in [0, 0.1) is 12.7 Å². The van der Waals surface area contributed by atoms with Crippen molar-refractivity contribution in [3.05, 3.63) is 34.6 Å². The van der Waals surface area contributed by atoms with Crippen molar-refractivity contribution < 1.29 is 19.0 Å². The van der Waals surface area contributed by atoms with Gasteiger partial charge in [0.05, 0.1) is 24.8 Å². The molecule has 1 aliphatic heterocycles. The maximum absolute atomic E-state index is 14.8. The molecule has 1 heterocycles. The molecule has 1 fully saturated rings. The van der Waals surface area contributed by atoms with Crippen molar-refractivity contribution in [2.75, 3.05) is 33.4 Å². The van der Waals surface area contributed by atoms with Crippen LogP contribution in [0.3, 0.4) is 0 Å². The summed E-state index contributed by atoms with van der Waals surface area (Å²) in [5.74, 6) is -0.320. The minimum atomic E-state index is -0.706. The van der Waals surface area contributed by atoms with Crippen molar-refractivity contribution >= 4 is 5.91 Å². The molecule has 27 heavy (non-hydrogen) atoms. The number of amides is 1. The fourth-order valence-electron chi connectivity index (χ4n) is 4.39. The molecule has 1 aromatic rings. The zero-order valence-electron chi connectivity index (χ0n) is 16.4. The summed E-state index contributed by atoms with van der Waals surface area (Å²) in [6, 6.07) is 3.34. The second-order valence-electron chi connectivity index (χ2n) is 7.97. The van der Waals surface area contributed by atoms with Crippen LogP contribution < -0.4 is 5.32 Å². The molecule has 0 spiro atoms. The SMILES string of the molecule is COCC1c2c(ccc(C)c2F)CCN1C(=O)CNCC1(O)CCCCC1. The smallest absolute Gasteiger partial charge is 0.237 e. The van der Waals surface area contributed by atoms with Gasteiger partial charge in [-0.25, -0.2) is 4.39 Å². The third-order valence-electron chi connectivity index (χ3n) is 5.95. The Kier molecular flexibility index (Phi) is 6.50. The van der Waals surface area contributed by atoms with Crippen molar-refractivity contribution in [2.24, 2.45) is 0 Å². The topological polar surface area (TPSA) is 61.8 Å². The van der Waals surface area contributed by atoms with E-state index in [1.54, 1.807) is 25.0 Å². The lowest BCUT2D eigenvalue weighted by atomic mass is 9.85. The minimum absolute atomic E-state index is 0.0805. The highest BCUT2D eigenvalue weighted by Crippen LogP contribution is 2.33. The van der Waals surface area contributed by atoms with E-state index in [0.717, 1.165) is 37.7 Å². The summed E-state index contributed by atoms with van der Waals surface area (Å²) in [6.07, 6.45) is 5.43. The van der Waals surface area contributed by atoms with Gasteiger partial charge < -0.3 is 20.1 Å². The Labute approximate surface area is 160 Å². The Morgan fingerprint density at radius 1 is 1.37 bits per heavy atom. The van der Waals surface area contributed by atoms with Gasteiger partial charge in [-0.3, -0.25) is 4.79 Å². The van der Waals surface area contributed by atoms with Crippen molar-refractivity contribution in [1.29, 1.82) is 0 Å². The molecule has 2 aliphatic rings. The van der Waals surface area contributed by atoms with Crippen LogP contribution in [0.25, 0.3) is 0 Å². The van der Waals surface area contributed by atoms with Crippen LogP contribution in [0.1, 0.15) is 54.8 Å². The van der Waals surface area contributed by atoms with E-state index >= 15 is 0 Å². The molecule has 150 valence electrons. The molecular weight excluding hydrogens is 347 g/mol. The van der Waals surface area contributed by atoms with Crippen molar-refractivity contribution in [3.8, 4) is 0 Å². The number of nitrogens with one attached hydrogen (secondary N) is 1. The summed E-state index contributed by atoms with van der Waals surface area (Å²) in [7, 11) is 1.57. The highest BCUT2D eigenvalue weighted by Gasteiger charge is 2.34. The summed E-state index contributed by atoms with van der Waals surface area (Å²) in [6.45, 7) is 3.13. The molecule has 5 nitrogen and oxygen atoms in total. The molecule has 0 aromatic heterocycles. The number of rotatable bonds is 6. The summed E-state index contributed by atoms with van der Waals surface area (Å²) < 4.78 is 20.1. The van der Waals surface area contributed by atoms with Gasteiger partial charge in [0.25, 0.3) is 0 Å². The number of methoxy groups -OCH3 is 1. The maximum Gasteiger partial charge on any atom is 0.237 e. The number of aliphatic hydroxyl groups is 1. The van der Waals surface area contributed by atoms with E-state index in [-0.39, 0.29) is 24.9 Å². The second kappa shape index (κ2) is 8.67. The van der Waals surface area contributed by atoms with Gasteiger partial charge >= 0.3 is 0 Å². The predicted molar refractivity (Wildman–Crippen MR) is 102 cm³/mol. The summed E-state index contributed by atoms with van der Waals surface area (Å²) >= 11 is 0. The fourth-order valence-corrected chi connectivity index (χ4v) is 4.39. The minimum Gasteiger partial charge on any atom is -0.389 e. The third kappa shape index (κ3) is 4.50. The third-order valence-corrected chi connectivity index (χ3v) is 5.95. The van der Waals surface area contributed by atoms with Crippen LogP contribution in [0.4, 0.5) is 4.39 Å². The summed E-state index contributed by atoms with van der Waals surface area (Å²) in [5.41, 5.74) is 1.42. The summed E-state index contributed by atoms with van der Waals surface area (Å²) in [4.78, 5) is 14.6. The first-order valence-electron chi connectivity index (χ1n) is 9.94. The molecule has 1 amide bonds. The number of aryl methyl sites for hydroxylation is 1. The summed E-state index contributed by atoms with van der Waals surface area (Å²) in [5, 5.41) is 13.7. The zero-order chi connectivity index (χ0) is 19.4. The Balaban J connectivity index is 1.67. The van der Waals surface area contributed by atoms with Gasteiger partial charge in [-0.05, 0) is 37.3 Å². The van der Waals surface area contributed by atoms with Crippen LogP contribution in [0.5, 0.6) is 0 Å². The Morgan fingerprint density at radius 2 is 2.11 bits per heavy atom. The normalized spacial score (nSPS) is 21.8. The number of ether oxygens (including phenoxy) is 1. The van der Waals surface area contributed by atoms with Gasteiger partial charge in [0, 0.05) is 25.8 Å². The van der Waals surface area contributed by atoms with E-state index < -0.39 is 11.6 Å². The van der Waals surface area contributed by atoms with E-state index in [4.69, 9.17) is 4.74 Å². The molecule has 1 aromatic carbocycles. The highest BCUT2D eigenvalue weighted by atomic mass is 19.1. The maximum atomic E-state index is 14.8. The van der Waals surface area contributed by atoms with Crippen LogP contribution >= 0.6 is 0 Å². The van der Waals surface area contributed by atoms with Crippen LogP contribution in [-0.2, 0) is 16.0 Å². The lowest BCUT2D eigenvalue weighted by Gasteiger charge is -2.38. The molecule has 1 unspecified atom stereocenters. The first kappa shape index (κ1) is 20.2. The first-order chi connectivity index (χ1) is 12.9. The van der Waals surface area contributed by atoms with E-state index in [1.165, 1.54) is 0 Å². The number of nitrogens with zero attached hydrogens (tertiary/aromatic N) is 1. The largest absolute Gasteiger partial charge is 0.389 e. The molecule has 0 bridgehead atoms. The molecule has 2 N–H and O–H groups in total. The number of carbonyl (C=O) groups excluding carboxylic acids is 1. The van der Waals surface area contributed by atoms with E-state index in [1.807, 2.05) is 6.07 Å².